The third-order valence-corrected chi connectivity index (χ3v) is 5.90. The Balaban J connectivity index is 1.23. The zero-order chi connectivity index (χ0) is 21.4. The van der Waals surface area contributed by atoms with Gasteiger partial charge in [0, 0.05) is 30.2 Å². The first-order valence-corrected chi connectivity index (χ1v) is 10.5. The maximum Gasteiger partial charge on any atom is 0.324 e. The molecule has 4 amide bonds. The highest BCUT2D eigenvalue weighted by Crippen LogP contribution is 2.46. The molecule has 160 valence electrons. The van der Waals surface area contributed by atoms with E-state index in [9.17, 15) is 14.4 Å². The Kier molecular flexibility index (Phi) is 4.77. The minimum Gasteiger partial charge on any atom is -0.448 e. The van der Waals surface area contributed by atoms with Gasteiger partial charge in [-0.2, -0.15) is 0 Å². The third-order valence-electron chi connectivity index (χ3n) is 5.90. The largest absolute Gasteiger partial charge is 0.448 e. The molecule has 2 aromatic rings. The quantitative estimate of drug-likeness (QED) is 0.738. The zero-order valence-corrected chi connectivity index (χ0v) is 17.0. The van der Waals surface area contributed by atoms with E-state index in [1.807, 2.05) is 6.07 Å². The van der Waals surface area contributed by atoms with E-state index in [1.165, 1.54) is 6.42 Å². The number of nitrogens with zero attached hydrogens (tertiary/aromatic N) is 1. The molecule has 5 rings (SSSR count). The van der Waals surface area contributed by atoms with Crippen molar-refractivity contribution in [3.8, 4) is 11.5 Å². The van der Waals surface area contributed by atoms with Crippen molar-refractivity contribution in [2.24, 2.45) is 0 Å². The number of anilines is 1. The Morgan fingerprint density at radius 1 is 1.00 bits per heavy atom. The zero-order valence-electron chi connectivity index (χ0n) is 17.0. The highest BCUT2D eigenvalue weighted by atomic mass is 16.7. The van der Waals surface area contributed by atoms with Crippen LogP contribution in [-0.4, -0.2) is 35.1 Å². The number of carbonyl (C=O) groups excluding carboxylic acids is 3. The number of amides is 4. The fourth-order valence-corrected chi connectivity index (χ4v) is 4.23. The number of fused-ring (bicyclic) bond motifs is 1. The van der Waals surface area contributed by atoms with Crippen molar-refractivity contribution in [3.05, 3.63) is 53.6 Å². The molecule has 3 aliphatic rings. The summed E-state index contributed by atoms with van der Waals surface area (Å²) in [7, 11) is 0. The molecule has 2 fully saturated rings. The van der Waals surface area contributed by atoms with E-state index in [0.29, 0.717) is 22.7 Å². The molecule has 0 radical (unpaired) electrons. The van der Waals surface area contributed by atoms with Crippen molar-refractivity contribution in [3.63, 3.8) is 0 Å². The lowest BCUT2D eigenvalue weighted by atomic mass is 9.94. The molecule has 1 spiro atoms. The van der Waals surface area contributed by atoms with E-state index in [4.69, 9.17) is 9.47 Å². The van der Waals surface area contributed by atoms with Crippen LogP contribution in [0.4, 0.5) is 10.5 Å². The number of hydrogen-bond acceptors (Lipinski definition) is 5. The summed E-state index contributed by atoms with van der Waals surface area (Å²) in [4.78, 5) is 37.2. The number of nitrogens with one attached hydrogen (secondary N) is 2. The van der Waals surface area contributed by atoms with Crippen LogP contribution in [0.15, 0.2) is 42.5 Å². The molecular formula is C23H23N3O5. The van der Waals surface area contributed by atoms with Gasteiger partial charge in [-0.25, -0.2) is 4.79 Å². The summed E-state index contributed by atoms with van der Waals surface area (Å²) < 4.78 is 12.2. The van der Waals surface area contributed by atoms with Crippen LogP contribution in [0.3, 0.4) is 0 Å². The monoisotopic (exact) mass is 421 g/mol. The number of benzene rings is 2. The molecule has 8 nitrogen and oxygen atoms in total. The average Bonchev–Trinajstić information content (AvgIpc) is 3.28. The molecule has 0 bridgehead atoms. The van der Waals surface area contributed by atoms with Crippen LogP contribution in [-0.2, 0) is 11.3 Å². The van der Waals surface area contributed by atoms with Gasteiger partial charge >= 0.3 is 6.03 Å². The predicted molar refractivity (Wildman–Crippen MR) is 112 cm³/mol. The van der Waals surface area contributed by atoms with Gasteiger partial charge < -0.3 is 20.1 Å². The topological polar surface area (TPSA) is 97.0 Å². The highest BCUT2D eigenvalue weighted by molar-refractivity contribution is 6.04. The maximum absolute atomic E-state index is 12.7. The first-order valence-electron chi connectivity index (χ1n) is 10.5. The van der Waals surface area contributed by atoms with Crippen LogP contribution >= 0.6 is 0 Å². The van der Waals surface area contributed by atoms with Crippen molar-refractivity contribution in [1.82, 2.24) is 10.2 Å². The number of urea groups is 1. The summed E-state index contributed by atoms with van der Waals surface area (Å²) in [6.07, 6.45) is 5.13. The predicted octanol–water partition coefficient (Wildman–Crippen LogP) is 3.42. The van der Waals surface area contributed by atoms with Gasteiger partial charge in [-0.3, -0.25) is 14.5 Å². The Hall–Kier alpha value is -3.55. The second-order valence-corrected chi connectivity index (χ2v) is 8.13. The van der Waals surface area contributed by atoms with E-state index >= 15 is 0 Å². The van der Waals surface area contributed by atoms with E-state index in [2.05, 4.69) is 10.6 Å². The number of imide groups is 1. The molecule has 8 heteroatoms. The Bertz CT molecular complexity index is 1030. The fourth-order valence-electron chi connectivity index (χ4n) is 4.23. The van der Waals surface area contributed by atoms with Crippen LogP contribution < -0.4 is 20.1 Å². The van der Waals surface area contributed by atoms with Crippen LogP contribution in [0, 0.1) is 0 Å². The van der Waals surface area contributed by atoms with Gasteiger partial charge in [0.2, 0.25) is 5.91 Å². The Morgan fingerprint density at radius 3 is 2.45 bits per heavy atom. The first-order chi connectivity index (χ1) is 15.0. The Labute approximate surface area is 179 Å². The van der Waals surface area contributed by atoms with Gasteiger partial charge in [-0.05, 0) is 42.7 Å². The number of carbonyl (C=O) groups is 3. The summed E-state index contributed by atoms with van der Waals surface area (Å²) in [6.45, 7) is 0.201. The van der Waals surface area contributed by atoms with Crippen molar-refractivity contribution in [2.75, 3.05) is 11.9 Å². The Morgan fingerprint density at radius 2 is 1.74 bits per heavy atom. The normalized spacial score (nSPS) is 18.9. The van der Waals surface area contributed by atoms with Gasteiger partial charge in [0.05, 0.1) is 13.1 Å². The van der Waals surface area contributed by atoms with Gasteiger partial charge in [0.15, 0.2) is 11.5 Å². The van der Waals surface area contributed by atoms with E-state index in [-0.39, 0.29) is 24.9 Å². The van der Waals surface area contributed by atoms with Crippen LogP contribution in [0.5, 0.6) is 11.5 Å². The number of rotatable bonds is 4. The van der Waals surface area contributed by atoms with E-state index in [0.717, 1.165) is 36.1 Å². The van der Waals surface area contributed by atoms with Crippen LogP contribution in [0.1, 0.15) is 48.0 Å². The SMILES string of the molecule is O=C(Nc1ccc2c(c1)OC1(CCCCC1)O2)c1ccc(CN2C(=O)CNC2=O)cc1. The molecule has 1 saturated heterocycles. The smallest absolute Gasteiger partial charge is 0.324 e. The second-order valence-electron chi connectivity index (χ2n) is 8.13. The van der Waals surface area contributed by atoms with E-state index in [1.54, 1.807) is 36.4 Å². The van der Waals surface area contributed by atoms with Crippen molar-refractivity contribution in [1.29, 1.82) is 0 Å². The molecular weight excluding hydrogens is 398 g/mol. The maximum atomic E-state index is 12.7. The standard InChI is InChI=1S/C23H23N3O5/c27-20-13-24-22(29)26(20)14-15-4-6-16(7-5-15)21(28)25-17-8-9-18-19(12-17)31-23(30-18)10-2-1-3-11-23/h4-9,12H,1-3,10-11,13-14H2,(H,24,29)(H,25,28). The van der Waals surface area contributed by atoms with Crippen molar-refractivity contribution in [2.45, 2.75) is 44.4 Å². The summed E-state index contributed by atoms with van der Waals surface area (Å²) in [5, 5.41) is 5.37. The lowest BCUT2D eigenvalue weighted by molar-refractivity contribution is -0.125. The fraction of sp³-hybridized carbons (Fsp3) is 0.348. The van der Waals surface area contributed by atoms with Crippen molar-refractivity contribution < 1.29 is 23.9 Å². The summed E-state index contributed by atoms with van der Waals surface area (Å²) in [5.41, 5.74) is 1.87. The molecule has 2 heterocycles. The second kappa shape index (κ2) is 7.61. The van der Waals surface area contributed by atoms with E-state index < -0.39 is 11.8 Å². The summed E-state index contributed by atoms with van der Waals surface area (Å²) >= 11 is 0. The third kappa shape index (κ3) is 3.81. The molecule has 2 N–H and O–H groups in total. The van der Waals surface area contributed by atoms with Crippen LogP contribution in [0.2, 0.25) is 0 Å². The molecule has 0 aromatic heterocycles. The summed E-state index contributed by atoms with van der Waals surface area (Å²) in [5.74, 6) is 0.304. The molecule has 1 saturated carbocycles. The minimum atomic E-state index is -0.549. The first kappa shape index (κ1) is 19.4. The molecule has 2 aliphatic heterocycles. The molecule has 0 atom stereocenters. The number of ether oxygens (including phenoxy) is 2. The van der Waals surface area contributed by atoms with Gasteiger partial charge in [-0.1, -0.05) is 18.6 Å². The average molecular weight is 421 g/mol. The molecule has 1 aliphatic carbocycles. The van der Waals surface area contributed by atoms with Gasteiger partial charge in [-0.15, -0.1) is 0 Å². The van der Waals surface area contributed by atoms with Crippen LogP contribution in [0.25, 0.3) is 0 Å². The highest BCUT2D eigenvalue weighted by Gasteiger charge is 2.42. The van der Waals surface area contributed by atoms with Gasteiger partial charge in [0.1, 0.15) is 0 Å². The summed E-state index contributed by atoms with van der Waals surface area (Å²) in [6, 6.07) is 11.8. The number of hydrogen-bond donors (Lipinski definition) is 2. The molecule has 0 unspecified atom stereocenters. The lowest BCUT2D eigenvalue weighted by Crippen LogP contribution is -2.40. The molecule has 2 aromatic carbocycles. The van der Waals surface area contributed by atoms with Crippen molar-refractivity contribution >= 4 is 23.5 Å². The minimum absolute atomic E-state index is 0.0238. The molecule has 31 heavy (non-hydrogen) atoms. The lowest BCUT2D eigenvalue weighted by Gasteiger charge is -2.31. The van der Waals surface area contributed by atoms with Gasteiger partial charge in [0.25, 0.3) is 11.7 Å².